The molecule has 1 aromatic heterocycles. The van der Waals surface area contributed by atoms with E-state index in [4.69, 9.17) is 13.9 Å². The number of halogens is 1. The van der Waals surface area contributed by atoms with Crippen LogP contribution in [0.3, 0.4) is 0 Å². The second-order valence-electron chi connectivity index (χ2n) is 5.39. The Morgan fingerprint density at radius 1 is 1.17 bits per heavy atom. The molecule has 0 saturated heterocycles. The van der Waals surface area contributed by atoms with E-state index in [2.05, 4.69) is 15.9 Å². The molecule has 0 bridgehead atoms. The molecule has 4 nitrogen and oxygen atoms in total. The molecule has 0 aliphatic carbocycles. The molecule has 0 radical (unpaired) electrons. The van der Waals surface area contributed by atoms with Gasteiger partial charge in [0.15, 0.2) is 5.43 Å². The van der Waals surface area contributed by atoms with Gasteiger partial charge in [-0.3, -0.25) is 4.79 Å². The minimum absolute atomic E-state index is 0.123. The molecule has 0 spiro atoms. The fraction of sp³-hybridized carbons (Fsp3) is 0.211. The van der Waals surface area contributed by atoms with Crippen molar-refractivity contribution >= 4 is 26.9 Å². The lowest BCUT2D eigenvalue weighted by Crippen LogP contribution is -2.07. The topological polar surface area (TPSA) is 48.7 Å². The lowest BCUT2D eigenvalue weighted by atomic mass is 10.1. The van der Waals surface area contributed by atoms with Crippen molar-refractivity contribution in [2.24, 2.45) is 0 Å². The van der Waals surface area contributed by atoms with Crippen LogP contribution in [-0.4, -0.2) is 7.11 Å². The van der Waals surface area contributed by atoms with E-state index in [-0.39, 0.29) is 5.43 Å². The molecule has 0 fully saturated rings. The summed E-state index contributed by atoms with van der Waals surface area (Å²) < 4.78 is 17.2. The highest BCUT2D eigenvalue weighted by Crippen LogP contribution is 2.37. The second-order valence-corrected chi connectivity index (χ2v) is 5.95. The van der Waals surface area contributed by atoms with Crippen molar-refractivity contribution in [2.75, 3.05) is 7.11 Å². The first kappa shape index (κ1) is 16.6. The first-order chi connectivity index (χ1) is 11.6. The van der Waals surface area contributed by atoms with Crippen LogP contribution in [0.5, 0.6) is 11.5 Å². The highest BCUT2D eigenvalue weighted by Gasteiger charge is 2.19. The van der Waals surface area contributed by atoms with Crippen LogP contribution in [0.1, 0.15) is 16.9 Å². The number of methoxy groups -OCH3 is 1. The fourth-order valence-electron chi connectivity index (χ4n) is 2.62. The van der Waals surface area contributed by atoms with Gasteiger partial charge in [-0.15, -0.1) is 0 Å². The van der Waals surface area contributed by atoms with Crippen LogP contribution in [0, 0.1) is 6.92 Å². The Morgan fingerprint density at radius 3 is 2.58 bits per heavy atom. The summed E-state index contributed by atoms with van der Waals surface area (Å²) in [6.45, 7) is 2.10. The number of fused-ring (bicyclic) bond motifs is 1. The van der Waals surface area contributed by atoms with Gasteiger partial charge in [0.25, 0.3) is 0 Å². The van der Waals surface area contributed by atoms with Gasteiger partial charge in [-0.25, -0.2) is 0 Å². The third-order valence-corrected chi connectivity index (χ3v) is 4.30. The van der Waals surface area contributed by atoms with Gasteiger partial charge >= 0.3 is 0 Å². The largest absolute Gasteiger partial charge is 0.496 e. The maximum absolute atomic E-state index is 12.5. The number of ether oxygens (including phenoxy) is 2. The van der Waals surface area contributed by atoms with E-state index in [1.165, 1.54) is 6.07 Å². The molecule has 0 aliphatic rings. The van der Waals surface area contributed by atoms with E-state index in [9.17, 15) is 4.79 Å². The lowest BCUT2D eigenvalue weighted by Gasteiger charge is -2.16. The molecule has 24 heavy (non-hydrogen) atoms. The number of rotatable bonds is 5. The smallest absolute Gasteiger partial charge is 0.196 e. The Morgan fingerprint density at radius 2 is 1.92 bits per heavy atom. The summed E-state index contributed by atoms with van der Waals surface area (Å²) in [5.74, 6) is 1.67. The summed E-state index contributed by atoms with van der Waals surface area (Å²) in [5, 5.41) is 0.940. The van der Waals surface area contributed by atoms with E-state index in [0.717, 1.165) is 11.1 Å². The third-order valence-electron chi connectivity index (χ3n) is 3.74. The van der Waals surface area contributed by atoms with Crippen LogP contribution in [0.2, 0.25) is 0 Å². The van der Waals surface area contributed by atoms with E-state index in [1.807, 2.05) is 30.3 Å². The Hall–Kier alpha value is -2.27. The normalized spacial score (nSPS) is 10.8. The Labute approximate surface area is 148 Å². The predicted molar refractivity (Wildman–Crippen MR) is 97.2 cm³/mol. The fourth-order valence-corrected chi connectivity index (χ4v) is 3.16. The summed E-state index contributed by atoms with van der Waals surface area (Å²) >= 11 is 3.46. The van der Waals surface area contributed by atoms with Crippen molar-refractivity contribution in [3.05, 3.63) is 69.6 Å². The summed E-state index contributed by atoms with van der Waals surface area (Å²) in [5.41, 5.74) is 2.15. The molecule has 3 aromatic rings. The molecule has 5 heteroatoms. The van der Waals surface area contributed by atoms with Crippen molar-refractivity contribution in [3.8, 4) is 11.5 Å². The quantitative estimate of drug-likeness (QED) is 0.600. The molecular weight excluding hydrogens is 372 g/mol. The molecule has 0 amide bonds. The molecule has 0 atom stereocenters. The van der Waals surface area contributed by atoms with Crippen LogP contribution >= 0.6 is 15.9 Å². The van der Waals surface area contributed by atoms with Gasteiger partial charge in [-0.2, -0.15) is 0 Å². The van der Waals surface area contributed by atoms with Crippen molar-refractivity contribution in [1.29, 1.82) is 0 Å². The number of alkyl halides is 1. The molecule has 0 unspecified atom stereocenters. The van der Waals surface area contributed by atoms with Crippen molar-refractivity contribution in [2.45, 2.75) is 18.9 Å². The molecule has 124 valence electrons. The second kappa shape index (κ2) is 7.09. The van der Waals surface area contributed by atoms with Gasteiger partial charge in [-0.05, 0) is 12.5 Å². The molecule has 0 aliphatic heterocycles. The number of aryl methyl sites for hydroxylation is 1. The molecule has 1 heterocycles. The minimum atomic E-state index is -0.123. The lowest BCUT2D eigenvalue weighted by molar-refractivity contribution is 0.304. The SMILES string of the molecule is COc1cc2oc(C)cc(=O)c2c(OCc2ccccc2)c1CBr. The van der Waals surface area contributed by atoms with E-state index >= 15 is 0 Å². The minimum Gasteiger partial charge on any atom is -0.496 e. The number of benzene rings is 2. The maximum Gasteiger partial charge on any atom is 0.196 e. The van der Waals surface area contributed by atoms with Crippen LogP contribution in [0.25, 0.3) is 11.0 Å². The Bertz CT molecular complexity index is 916. The van der Waals surface area contributed by atoms with Gasteiger partial charge < -0.3 is 13.9 Å². The maximum atomic E-state index is 12.5. The van der Waals surface area contributed by atoms with Gasteiger partial charge in [-0.1, -0.05) is 46.3 Å². The van der Waals surface area contributed by atoms with Crippen LogP contribution in [0.4, 0.5) is 0 Å². The zero-order valence-electron chi connectivity index (χ0n) is 13.5. The van der Waals surface area contributed by atoms with Crippen LogP contribution in [-0.2, 0) is 11.9 Å². The van der Waals surface area contributed by atoms with Crippen LogP contribution < -0.4 is 14.9 Å². The van der Waals surface area contributed by atoms with Gasteiger partial charge in [0.1, 0.15) is 34.8 Å². The van der Waals surface area contributed by atoms with E-state index in [0.29, 0.717) is 40.2 Å². The number of hydrogen-bond donors (Lipinski definition) is 0. The van der Waals surface area contributed by atoms with E-state index < -0.39 is 0 Å². The summed E-state index contributed by atoms with van der Waals surface area (Å²) in [6.07, 6.45) is 0. The average Bonchev–Trinajstić information content (AvgIpc) is 2.59. The van der Waals surface area contributed by atoms with Crippen molar-refractivity contribution in [1.82, 2.24) is 0 Å². The summed E-state index contributed by atoms with van der Waals surface area (Å²) in [4.78, 5) is 12.5. The molecule has 2 aromatic carbocycles. The predicted octanol–water partition coefficient (Wildman–Crippen LogP) is 4.58. The van der Waals surface area contributed by atoms with Crippen molar-refractivity contribution < 1.29 is 13.9 Å². The van der Waals surface area contributed by atoms with Crippen molar-refractivity contribution in [3.63, 3.8) is 0 Å². The average molecular weight is 389 g/mol. The Balaban J connectivity index is 2.17. The molecule has 0 N–H and O–H groups in total. The number of hydrogen-bond acceptors (Lipinski definition) is 4. The first-order valence-electron chi connectivity index (χ1n) is 7.51. The molecule has 0 saturated carbocycles. The molecular formula is C19H17BrO4. The monoisotopic (exact) mass is 388 g/mol. The molecule has 3 rings (SSSR count). The van der Waals surface area contributed by atoms with Gasteiger partial charge in [0, 0.05) is 23.0 Å². The summed E-state index contributed by atoms with van der Waals surface area (Å²) in [7, 11) is 1.59. The van der Waals surface area contributed by atoms with Crippen LogP contribution in [0.15, 0.2) is 51.7 Å². The third kappa shape index (κ3) is 3.17. The highest BCUT2D eigenvalue weighted by atomic mass is 79.9. The highest BCUT2D eigenvalue weighted by molar-refractivity contribution is 9.08. The van der Waals surface area contributed by atoms with Gasteiger partial charge in [0.05, 0.1) is 7.11 Å². The zero-order chi connectivity index (χ0) is 17.1. The standard InChI is InChI=1S/C19H17BrO4/c1-12-8-15(21)18-17(24-12)9-16(22-2)14(10-20)19(18)23-11-13-6-4-3-5-7-13/h3-9H,10-11H2,1-2H3. The van der Waals surface area contributed by atoms with Gasteiger partial charge in [0.2, 0.25) is 0 Å². The Kier molecular flexibility index (Phi) is 4.90. The van der Waals surface area contributed by atoms with E-state index in [1.54, 1.807) is 20.1 Å². The zero-order valence-corrected chi connectivity index (χ0v) is 15.1. The summed E-state index contributed by atoms with van der Waals surface area (Å²) in [6, 6.07) is 13.0. The first-order valence-corrected chi connectivity index (χ1v) is 8.63.